The number of likely N-dealkylation sites (N-methyl/N-ethyl adjacent to an activating group) is 2. The smallest absolute Gasteiger partial charge is 0.0637 e. The van der Waals surface area contributed by atoms with Crippen LogP contribution < -0.4 is 5.32 Å². The summed E-state index contributed by atoms with van der Waals surface area (Å²) in [7, 11) is 0. The Kier molecular flexibility index (Phi) is 9.70. The Morgan fingerprint density at radius 1 is 1.11 bits per heavy atom. The highest BCUT2D eigenvalue weighted by Gasteiger charge is 2.36. The molecule has 0 aromatic heterocycles. The van der Waals surface area contributed by atoms with Crippen LogP contribution in [0.25, 0.3) is 0 Å². The van der Waals surface area contributed by atoms with E-state index in [1.165, 1.54) is 0 Å². The summed E-state index contributed by atoms with van der Waals surface area (Å²) >= 11 is 0. The summed E-state index contributed by atoms with van der Waals surface area (Å²) in [5.41, 5.74) is 0.174. The maximum Gasteiger partial charge on any atom is 0.0637 e. The summed E-state index contributed by atoms with van der Waals surface area (Å²) in [6.07, 6.45) is 2.23. The maximum atomic E-state index is 5.80. The van der Waals surface area contributed by atoms with Crippen molar-refractivity contribution in [3.05, 3.63) is 0 Å². The Hall–Kier alpha value is -0.120. The molecule has 0 aliphatic carbocycles. The van der Waals surface area contributed by atoms with Crippen molar-refractivity contribution in [1.82, 2.24) is 10.2 Å². The van der Waals surface area contributed by atoms with E-state index in [-0.39, 0.29) is 5.54 Å². The van der Waals surface area contributed by atoms with Crippen LogP contribution in [0.1, 0.15) is 54.4 Å². The Balaban J connectivity index is 4.76. The molecule has 0 spiro atoms. The molecule has 0 aromatic rings. The van der Waals surface area contributed by atoms with Crippen LogP contribution in [-0.2, 0) is 4.74 Å². The van der Waals surface area contributed by atoms with E-state index >= 15 is 0 Å². The number of hydrogen-bond acceptors (Lipinski definition) is 3. The maximum absolute atomic E-state index is 5.80. The zero-order valence-electron chi connectivity index (χ0n) is 13.4. The standard InChI is InChI=1S/C15H34N2O/c1-7-12-18-13-14(16-9-3)15(6,8-2)17(10-4)11-5/h14,16H,7-13H2,1-6H3. The third-order valence-corrected chi connectivity index (χ3v) is 4.04. The molecule has 2 atom stereocenters. The second kappa shape index (κ2) is 9.76. The molecule has 110 valence electrons. The van der Waals surface area contributed by atoms with E-state index in [4.69, 9.17) is 4.74 Å². The predicted molar refractivity (Wildman–Crippen MR) is 80.2 cm³/mol. The van der Waals surface area contributed by atoms with Crippen LogP contribution in [0.3, 0.4) is 0 Å². The molecule has 0 aromatic carbocycles. The monoisotopic (exact) mass is 258 g/mol. The van der Waals surface area contributed by atoms with Crippen molar-refractivity contribution in [2.45, 2.75) is 66.0 Å². The van der Waals surface area contributed by atoms with Gasteiger partial charge in [-0.1, -0.05) is 34.6 Å². The minimum atomic E-state index is 0.174. The Labute approximate surface area is 114 Å². The van der Waals surface area contributed by atoms with Gasteiger partial charge in [-0.3, -0.25) is 4.90 Å². The van der Waals surface area contributed by atoms with Crippen molar-refractivity contribution in [1.29, 1.82) is 0 Å². The molecule has 0 aliphatic heterocycles. The lowest BCUT2D eigenvalue weighted by Gasteiger charge is -2.46. The first kappa shape index (κ1) is 17.9. The zero-order chi connectivity index (χ0) is 14.0. The average molecular weight is 258 g/mol. The molecule has 0 fully saturated rings. The van der Waals surface area contributed by atoms with Gasteiger partial charge in [-0.25, -0.2) is 0 Å². The van der Waals surface area contributed by atoms with Gasteiger partial charge >= 0.3 is 0 Å². The van der Waals surface area contributed by atoms with Gasteiger partial charge in [-0.15, -0.1) is 0 Å². The first-order chi connectivity index (χ1) is 8.60. The van der Waals surface area contributed by atoms with E-state index in [2.05, 4.69) is 51.8 Å². The first-order valence-corrected chi connectivity index (χ1v) is 7.66. The minimum Gasteiger partial charge on any atom is -0.380 e. The number of nitrogens with zero attached hydrogens (tertiary/aromatic N) is 1. The summed E-state index contributed by atoms with van der Waals surface area (Å²) in [6, 6.07) is 0.402. The Morgan fingerprint density at radius 2 is 1.72 bits per heavy atom. The van der Waals surface area contributed by atoms with Gasteiger partial charge in [0.05, 0.1) is 6.61 Å². The number of hydrogen-bond donors (Lipinski definition) is 1. The molecule has 0 radical (unpaired) electrons. The third-order valence-electron chi connectivity index (χ3n) is 4.04. The van der Waals surface area contributed by atoms with Gasteiger partial charge in [-0.05, 0) is 39.4 Å². The topological polar surface area (TPSA) is 24.5 Å². The van der Waals surface area contributed by atoms with E-state index in [0.29, 0.717) is 6.04 Å². The molecule has 2 unspecified atom stereocenters. The molecule has 0 saturated heterocycles. The fourth-order valence-corrected chi connectivity index (χ4v) is 2.69. The SMILES string of the molecule is CCCOCC(NCC)C(C)(CC)N(CC)CC. The molecule has 0 amide bonds. The van der Waals surface area contributed by atoms with Crippen LogP contribution in [0.15, 0.2) is 0 Å². The molecule has 3 heteroatoms. The third kappa shape index (κ3) is 4.87. The van der Waals surface area contributed by atoms with Gasteiger partial charge in [0.1, 0.15) is 0 Å². The van der Waals surface area contributed by atoms with Crippen molar-refractivity contribution in [3.63, 3.8) is 0 Å². The lowest BCUT2D eigenvalue weighted by atomic mass is 9.87. The van der Waals surface area contributed by atoms with Crippen LogP contribution in [0.4, 0.5) is 0 Å². The van der Waals surface area contributed by atoms with Crippen LogP contribution in [0.5, 0.6) is 0 Å². The number of rotatable bonds is 11. The normalized spacial score (nSPS) is 16.8. The molecule has 0 bridgehead atoms. The second-order valence-corrected chi connectivity index (χ2v) is 5.07. The van der Waals surface area contributed by atoms with E-state index < -0.39 is 0 Å². The lowest BCUT2D eigenvalue weighted by molar-refractivity contribution is 0.0180. The van der Waals surface area contributed by atoms with E-state index in [9.17, 15) is 0 Å². The summed E-state index contributed by atoms with van der Waals surface area (Å²) in [5, 5.41) is 3.62. The van der Waals surface area contributed by atoms with Crippen LogP contribution in [0, 0.1) is 0 Å². The van der Waals surface area contributed by atoms with Crippen molar-refractivity contribution < 1.29 is 4.74 Å². The van der Waals surface area contributed by atoms with Gasteiger partial charge in [-0.2, -0.15) is 0 Å². The minimum absolute atomic E-state index is 0.174. The Bertz CT molecular complexity index is 195. The van der Waals surface area contributed by atoms with E-state index in [0.717, 1.165) is 45.7 Å². The summed E-state index contributed by atoms with van der Waals surface area (Å²) in [6.45, 7) is 18.3. The van der Waals surface area contributed by atoms with Crippen molar-refractivity contribution in [2.24, 2.45) is 0 Å². The highest BCUT2D eigenvalue weighted by atomic mass is 16.5. The quantitative estimate of drug-likeness (QED) is 0.577. The molecule has 1 N–H and O–H groups in total. The molecule has 3 nitrogen and oxygen atoms in total. The molecule has 0 heterocycles. The highest BCUT2D eigenvalue weighted by molar-refractivity contribution is 4.95. The number of ether oxygens (including phenoxy) is 1. The molecule has 0 rings (SSSR count). The fourth-order valence-electron chi connectivity index (χ4n) is 2.69. The van der Waals surface area contributed by atoms with Crippen molar-refractivity contribution in [3.8, 4) is 0 Å². The van der Waals surface area contributed by atoms with Gasteiger partial charge in [0.2, 0.25) is 0 Å². The van der Waals surface area contributed by atoms with Gasteiger partial charge in [0.15, 0.2) is 0 Å². The fraction of sp³-hybridized carbons (Fsp3) is 1.00. The largest absolute Gasteiger partial charge is 0.380 e. The molecular weight excluding hydrogens is 224 g/mol. The van der Waals surface area contributed by atoms with Crippen molar-refractivity contribution >= 4 is 0 Å². The molecule has 18 heavy (non-hydrogen) atoms. The molecular formula is C15H34N2O. The lowest BCUT2D eigenvalue weighted by Crippen LogP contribution is -2.61. The zero-order valence-corrected chi connectivity index (χ0v) is 13.4. The van der Waals surface area contributed by atoms with Crippen LogP contribution in [0.2, 0.25) is 0 Å². The van der Waals surface area contributed by atoms with Crippen LogP contribution in [-0.4, -0.2) is 49.3 Å². The molecule has 0 saturated carbocycles. The summed E-state index contributed by atoms with van der Waals surface area (Å²) in [5.74, 6) is 0. The second-order valence-electron chi connectivity index (χ2n) is 5.07. The Morgan fingerprint density at radius 3 is 2.11 bits per heavy atom. The summed E-state index contributed by atoms with van der Waals surface area (Å²) < 4.78 is 5.80. The van der Waals surface area contributed by atoms with E-state index in [1.54, 1.807) is 0 Å². The highest BCUT2D eigenvalue weighted by Crippen LogP contribution is 2.24. The average Bonchev–Trinajstić information content (AvgIpc) is 2.39. The van der Waals surface area contributed by atoms with Gasteiger partial charge in [0, 0.05) is 18.2 Å². The first-order valence-electron chi connectivity index (χ1n) is 7.66. The van der Waals surface area contributed by atoms with Crippen LogP contribution >= 0.6 is 0 Å². The number of nitrogens with one attached hydrogen (secondary N) is 1. The predicted octanol–water partition coefficient (Wildman–Crippen LogP) is 2.90. The van der Waals surface area contributed by atoms with Gasteiger partial charge < -0.3 is 10.1 Å². The van der Waals surface area contributed by atoms with E-state index in [1.807, 2.05) is 0 Å². The van der Waals surface area contributed by atoms with Gasteiger partial charge in [0.25, 0.3) is 0 Å². The molecule has 0 aliphatic rings. The summed E-state index contributed by atoms with van der Waals surface area (Å²) in [4.78, 5) is 2.55. The van der Waals surface area contributed by atoms with Crippen molar-refractivity contribution in [2.75, 3.05) is 32.8 Å².